The number of rotatable bonds is 28. The molecule has 0 heterocycles. The average molecular weight is 487 g/mol. The summed E-state index contributed by atoms with van der Waals surface area (Å²) in [6, 6.07) is 0. The van der Waals surface area contributed by atoms with Crippen molar-refractivity contribution in [3.05, 3.63) is 0 Å². The molecule has 1 atom stereocenters. The van der Waals surface area contributed by atoms with Gasteiger partial charge in [0.1, 0.15) is 6.10 Å². The van der Waals surface area contributed by atoms with E-state index in [9.17, 15) is 0 Å². The topological polar surface area (TPSA) is 27.7 Å². The lowest BCUT2D eigenvalue weighted by molar-refractivity contribution is -0.870. The van der Waals surface area contributed by atoms with Crippen molar-refractivity contribution in [1.82, 2.24) is 0 Å². The molecule has 0 aliphatic carbocycles. The second kappa shape index (κ2) is 25.9. The highest BCUT2D eigenvalue weighted by molar-refractivity contribution is 4.56. The van der Waals surface area contributed by atoms with Gasteiger partial charge in [-0.1, -0.05) is 103 Å². The van der Waals surface area contributed by atoms with E-state index in [0.717, 1.165) is 30.7 Å². The summed E-state index contributed by atoms with van der Waals surface area (Å²) in [5.41, 5.74) is 0. The van der Waals surface area contributed by atoms with Crippen LogP contribution >= 0.6 is 0 Å². The average Bonchev–Trinajstić information content (AvgIpc) is 2.79. The Hall–Kier alpha value is -0.160. The van der Waals surface area contributed by atoms with Crippen molar-refractivity contribution in [2.75, 3.05) is 60.7 Å². The summed E-state index contributed by atoms with van der Waals surface area (Å²) in [6.45, 7) is 9.24. The molecule has 0 aromatic heterocycles. The number of nitrogens with zero attached hydrogens (tertiary/aromatic N) is 1. The van der Waals surface area contributed by atoms with Crippen LogP contribution in [-0.4, -0.2) is 71.3 Å². The maximum atomic E-state index is 5.88. The first-order chi connectivity index (χ1) is 16.5. The van der Waals surface area contributed by atoms with Crippen molar-refractivity contribution in [2.24, 2.45) is 0 Å². The van der Waals surface area contributed by atoms with Gasteiger partial charge in [-0.3, -0.25) is 0 Å². The Morgan fingerprint density at radius 2 is 0.882 bits per heavy atom. The van der Waals surface area contributed by atoms with Crippen LogP contribution < -0.4 is 0 Å². The van der Waals surface area contributed by atoms with Gasteiger partial charge in [0, 0.05) is 19.8 Å². The molecular formula is C30H64NO3+. The molecule has 0 saturated heterocycles. The molecule has 0 N–H and O–H groups in total. The predicted octanol–water partition coefficient (Wildman–Crippen LogP) is 8.17. The van der Waals surface area contributed by atoms with Crippen molar-refractivity contribution in [1.29, 1.82) is 0 Å². The van der Waals surface area contributed by atoms with Gasteiger partial charge in [-0.15, -0.1) is 0 Å². The normalized spacial score (nSPS) is 13.0. The zero-order chi connectivity index (χ0) is 25.2. The van der Waals surface area contributed by atoms with E-state index in [4.69, 9.17) is 14.2 Å². The molecule has 4 heteroatoms. The minimum Gasteiger partial charge on any atom is -0.379 e. The number of quaternary nitrogens is 1. The summed E-state index contributed by atoms with van der Waals surface area (Å²) in [7, 11) is 6.72. The largest absolute Gasteiger partial charge is 0.379 e. The standard InChI is InChI=1S/C30H64NO3/c1-6-8-9-10-11-12-13-14-15-16-17-18-19-20-21-23-26-32-28-30(34-7-2)29-33-27-24-22-25-31(3,4)5/h30H,6-29H2,1-5H3/q+1/t30-/m0/s1. The fraction of sp³-hybridized carbons (Fsp3) is 1.00. The van der Waals surface area contributed by atoms with Crippen LogP contribution in [0.2, 0.25) is 0 Å². The Balaban J connectivity index is 3.36. The second-order valence-electron chi connectivity index (χ2n) is 11.3. The van der Waals surface area contributed by atoms with Crippen molar-refractivity contribution >= 4 is 0 Å². The third-order valence-corrected chi connectivity index (χ3v) is 6.52. The number of hydrogen-bond donors (Lipinski definition) is 0. The molecule has 0 spiro atoms. The van der Waals surface area contributed by atoms with E-state index < -0.39 is 0 Å². The molecule has 206 valence electrons. The number of unbranched alkanes of at least 4 members (excludes halogenated alkanes) is 16. The van der Waals surface area contributed by atoms with Crippen molar-refractivity contribution in [2.45, 2.75) is 136 Å². The first-order valence-electron chi connectivity index (χ1n) is 15.1. The van der Waals surface area contributed by atoms with E-state index >= 15 is 0 Å². The Morgan fingerprint density at radius 1 is 0.500 bits per heavy atom. The molecule has 0 aliphatic rings. The molecule has 0 saturated carbocycles. The summed E-state index contributed by atoms with van der Waals surface area (Å²) in [5, 5.41) is 0. The van der Waals surface area contributed by atoms with Crippen molar-refractivity contribution in [3.63, 3.8) is 0 Å². The fourth-order valence-electron chi connectivity index (χ4n) is 4.35. The molecule has 0 aromatic rings. The number of ether oxygens (including phenoxy) is 3. The molecule has 0 radical (unpaired) electrons. The molecule has 0 aromatic carbocycles. The highest BCUT2D eigenvalue weighted by Gasteiger charge is 2.10. The highest BCUT2D eigenvalue weighted by Crippen LogP contribution is 2.13. The van der Waals surface area contributed by atoms with Gasteiger partial charge in [0.2, 0.25) is 0 Å². The summed E-state index contributed by atoms with van der Waals surface area (Å²) in [5.74, 6) is 0. The Kier molecular flexibility index (Phi) is 25.8. The van der Waals surface area contributed by atoms with Crippen molar-refractivity contribution in [3.8, 4) is 0 Å². The van der Waals surface area contributed by atoms with Gasteiger partial charge >= 0.3 is 0 Å². The lowest BCUT2D eigenvalue weighted by Gasteiger charge is -2.23. The van der Waals surface area contributed by atoms with E-state index in [1.165, 1.54) is 116 Å². The summed E-state index contributed by atoms with van der Waals surface area (Å²) >= 11 is 0. The molecule has 0 aliphatic heterocycles. The molecular weight excluding hydrogens is 422 g/mol. The van der Waals surface area contributed by atoms with Crippen LogP contribution in [0.4, 0.5) is 0 Å². The Bertz CT molecular complexity index is 384. The van der Waals surface area contributed by atoms with Gasteiger partial charge in [-0.2, -0.15) is 0 Å². The smallest absolute Gasteiger partial charge is 0.104 e. The van der Waals surface area contributed by atoms with Crippen LogP contribution in [-0.2, 0) is 14.2 Å². The van der Waals surface area contributed by atoms with Gasteiger partial charge < -0.3 is 18.7 Å². The van der Waals surface area contributed by atoms with Gasteiger partial charge in [-0.25, -0.2) is 0 Å². The Morgan fingerprint density at radius 3 is 1.26 bits per heavy atom. The van der Waals surface area contributed by atoms with Crippen LogP contribution in [0.15, 0.2) is 0 Å². The Labute approximate surface area is 215 Å². The molecule has 0 rings (SSSR count). The van der Waals surface area contributed by atoms with E-state index in [-0.39, 0.29) is 6.10 Å². The molecule has 4 nitrogen and oxygen atoms in total. The maximum absolute atomic E-state index is 5.88. The zero-order valence-corrected chi connectivity index (χ0v) is 24.2. The molecule has 0 amide bonds. The molecule has 0 unspecified atom stereocenters. The van der Waals surface area contributed by atoms with Crippen LogP contribution in [0.1, 0.15) is 129 Å². The zero-order valence-electron chi connectivity index (χ0n) is 24.2. The predicted molar refractivity (Wildman–Crippen MR) is 149 cm³/mol. The molecule has 0 fully saturated rings. The SMILES string of the molecule is CCCCCCCCCCCCCCCCCCOC[C@@H](COCCCC[N+](C)(C)C)OCC. The van der Waals surface area contributed by atoms with Crippen LogP contribution in [0.25, 0.3) is 0 Å². The van der Waals surface area contributed by atoms with Crippen LogP contribution in [0.3, 0.4) is 0 Å². The first kappa shape index (κ1) is 33.8. The van der Waals surface area contributed by atoms with Crippen molar-refractivity contribution < 1.29 is 18.7 Å². The summed E-state index contributed by atoms with van der Waals surface area (Å²) in [6.07, 6.45) is 24.9. The fourth-order valence-corrected chi connectivity index (χ4v) is 4.35. The van der Waals surface area contributed by atoms with Crippen LogP contribution in [0, 0.1) is 0 Å². The third kappa shape index (κ3) is 28.1. The van der Waals surface area contributed by atoms with E-state index in [2.05, 4.69) is 28.1 Å². The monoisotopic (exact) mass is 486 g/mol. The van der Waals surface area contributed by atoms with Gasteiger partial charge in [0.25, 0.3) is 0 Å². The minimum atomic E-state index is 0.0736. The second-order valence-corrected chi connectivity index (χ2v) is 11.3. The van der Waals surface area contributed by atoms with Crippen LogP contribution in [0.5, 0.6) is 0 Å². The number of hydrogen-bond acceptors (Lipinski definition) is 3. The first-order valence-corrected chi connectivity index (χ1v) is 15.1. The molecule has 34 heavy (non-hydrogen) atoms. The van der Waals surface area contributed by atoms with E-state index in [1.807, 2.05) is 6.92 Å². The van der Waals surface area contributed by atoms with Gasteiger partial charge in [0.15, 0.2) is 0 Å². The lowest BCUT2D eigenvalue weighted by atomic mass is 10.0. The third-order valence-electron chi connectivity index (χ3n) is 6.52. The quantitative estimate of drug-likeness (QED) is 0.0824. The van der Waals surface area contributed by atoms with Gasteiger partial charge in [-0.05, 0) is 26.2 Å². The summed E-state index contributed by atoms with van der Waals surface area (Å²) < 4.78 is 18.5. The molecule has 0 bridgehead atoms. The minimum absolute atomic E-state index is 0.0736. The maximum Gasteiger partial charge on any atom is 0.104 e. The van der Waals surface area contributed by atoms with E-state index in [1.54, 1.807) is 0 Å². The summed E-state index contributed by atoms with van der Waals surface area (Å²) in [4.78, 5) is 0. The highest BCUT2D eigenvalue weighted by atomic mass is 16.6. The van der Waals surface area contributed by atoms with E-state index in [0.29, 0.717) is 13.2 Å². The lowest BCUT2D eigenvalue weighted by Crippen LogP contribution is -2.35. The van der Waals surface area contributed by atoms with Gasteiger partial charge in [0.05, 0.1) is 40.9 Å².